The lowest BCUT2D eigenvalue weighted by atomic mass is 10.0. The van der Waals surface area contributed by atoms with Crippen molar-refractivity contribution in [1.82, 2.24) is 9.55 Å². The molecule has 2 rings (SSSR count). The average Bonchev–Trinajstić information content (AvgIpc) is 2.37. The van der Waals surface area contributed by atoms with Crippen LogP contribution >= 0.6 is 0 Å². The van der Waals surface area contributed by atoms with Crippen LogP contribution in [0.4, 0.5) is 5.82 Å². The van der Waals surface area contributed by atoms with Crippen molar-refractivity contribution in [1.29, 1.82) is 0 Å². The molecule has 1 aliphatic heterocycles. The fourth-order valence-electron chi connectivity index (χ4n) is 1.62. The van der Waals surface area contributed by atoms with Gasteiger partial charge in [0.15, 0.2) is 0 Å². The summed E-state index contributed by atoms with van der Waals surface area (Å²) in [6.07, 6.45) is 0.690. The van der Waals surface area contributed by atoms with E-state index in [1.54, 1.807) is 7.05 Å². The average molecular weight is 195 g/mol. The number of aromatic nitrogens is 2. The highest BCUT2D eigenvalue weighted by Crippen LogP contribution is 2.34. The van der Waals surface area contributed by atoms with E-state index in [9.17, 15) is 4.79 Å². The van der Waals surface area contributed by atoms with E-state index >= 15 is 0 Å². The van der Waals surface area contributed by atoms with Gasteiger partial charge in [-0.2, -0.15) is 4.98 Å². The molecule has 0 aliphatic carbocycles. The first-order chi connectivity index (χ1) is 6.41. The predicted molar refractivity (Wildman–Crippen MR) is 52.3 cm³/mol. The Balaban J connectivity index is 2.65. The van der Waals surface area contributed by atoms with Crippen molar-refractivity contribution >= 4 is 5.82 Å². The summed E-state index contributed by atoms with van der Waals surface area (Å²) in [6.45, 7) is 3.89. The van der Waals surface area contributed by atoms with Crippen molar-refractivity contribution in [2.75, 3.05) is 5.73 Å². The van der Waals surface area contributed by atoms with Crippen molar-refractivity contribution in [3.63, 3.8) is 0 Å². The van der Waals surface area contributed by atoms with Gasteiger partial charge in [0.1, 0.15) is 11.4 Å². The van der Waals surface area contributed by atoms with Gasteiger partial charge in [0.05, 0.1) is 5.56 Å². The molecule has 0 unspecified atom stereocenters. The molecule has 1 aliphatic rings. The highest BCUT2D eigenvalue weighted by atomic mass is 16.5. The normalized spacial score (nSPS) is 17.6. The standard InChI is InChI=1S/C9H13N3O2/c1-9(2)4-5-6(10)12(3)8(13)11-7(5)14-9/h4,10H2,1-3H3. The minimum Gasteiger partial charge on any atom is -0.471 e. The zero-order valence-corrected chi connectivity index (χ0v) is 8.50. The van der Waals surface area contributed by atoms with E-state index in [4.69, 9.17) is 10.5 Å². The largest absolute Gasteiger partial charge is 0.471 e. The molecule has 0 amide bonds. The molecule has 0 spiro atoms. The van der Waals surface area contributed by atoms with E-state index in [1.807, 2.05) is 13.8 Å². The number of hydrogen-bond acceptors (Lipinski definition) is 4. The summed E-state index contributed by atoms with van der Waals surface area (Å²) >= 11 is 0. The second kappa shape index (κ2) is 2.50. The number of nitrogens with two attached hydrogens (primary N) is 1. The van der Waals surface area contributed by atoms with Gasteiger partial charge in [0, 0.05) is 13.5 Å². The Morgan fingerprint density at radius 1 is 1.57 bits per heavy atom. The van der Waals surface area contributed by atoms with E-state index in [-0.39, 0.29) is 11.3 Å². The fourth-order valence-corrected chi connectivity index (χ4v) is 1.62. The fraction of sp³-hybridized carbons (Fsp3) is 0.556. The molecule has 0 fully saturated rings. The molecule has 2 heterocycles. The second-order valence-electron chi connectivity index (χ2n) is 4.16. The summed E-state index contributed by atoms with van der Waals surface area (Å²) in [6, 6.07) is 0. The third-order valence-corrected chi connectivity index (χ3v) is 2.39. The van der Waals surface area contributed by atoms with E-state index < -0.39 is 0 Å². The molecule has 5 nitrogen and oxygen atoms in total. The van der Waals surface area contributed by atoms with E-state index in [1.165, 1.54) is 4.57 Å². The monoisotopic (exact) mass is 195 g/mol. The number of nitrogens with zero attached hydrogens (tertiary/aromatic N) is 2. The first-order valence-corrected chi connectivity index (χ1v) is 4.45. The van der Waals surface area contributed by atoms with Gasteiger partial charge in [-0.05, 0) is 13.8 Å². The molecule has 0 atom stereocenters. The van der Waals surface area contributed by atoms with Gasteiger partial charge in [-0.25, -0.2) is 4.79 Å². The Morgan fingerprint density at radius 2 is 2.21 bits per heavy atom. The van der Waals surface area contributed by atoms with Crippen LogP contribution < -0.4 is 16.2 Å². The quantitative estimate of drug-likeness (QED) is 0.636. The van der Waals surface area contributed by atoms with E-state index in [0.29, 0.717) is 18.1 Å². The summed E-state index contributed by atoms with van der Waals surface area (Å²) in [4.78, 5) is 15.1. The van der Waals surface area contributed by atoms with Crippen LogP contribution in [0.15, 0.2) is 4.79 Å². The number of hydrogen-bond donors (Lipinski definition) is 1. The number of rotatable bonds is 0. The summed E-state index contributed by atoms with van der Waals surface area (Å²) in [5.41, 5.74) is 5.94. The number of fused-ring (bicyclic) bond motifs is 1. The molecule has 5 heteroatoms. The summed E-state index contributed by atoms with van der Waals surface area (Å²) in [5.74, 6) is 0.834. The first kappa shape index (κ1) is 9.05. The maximum absolute atomic E-state index is 11.3. The molecule has 0 bridgehead atoms. The van der Waals surface area contributed by atoms with Crippen LogP contribution in [-0.4, -0.2) is 15.2 Å². The van der Waals surface area contributed by atoms with Gasteiger partial charge in [-0.3, -0.25) is 4.57 Å². The molecule has 1 aromatic rings. The lowest BCUT2D eigenvalue weighted by Crippen LogP contribution is -2.25. The summed E-state index contributed by atoms with van der Waals surface area (Å²) in [5, 5.41) is 0. The first-order valence-electron chi connectivity index (χ1n) is 4.45. The number of nitrogen functional groups attached to an aromatic ring is 1. The van der Waals surface area contributed by atoms with Crippen LogP contribution in [0.1, 0.15) is 19.4 Å². The minimum atomic E-state index is -0.376. The van der Waals surface area contributed by atoms with Crippen LogP contribution in [0.3, 0.4) is 0 Å². The Kier molecular flexibility index (Phi) is 1.61. The van der Waals surface area contributed by atoms with Gasteiger partial charge in [-0.15, -0.1) is 0 Å². The zero-order valence-electron chi connectivity index (χ0n) is 8.50. The zero-order chi connectivity index (χ0) is 10.5. The Labute approximate surface area is 81.5 Å². The van der Waals surface area contributed by atoms with Crippen molar-refractivity contribution in [2.24, 2.45) is 7.05 Å². The Morgan fingerprint density at radius 3 is 2.86 bits per heavy atom. The van der Waals surface area contributed by atoms with Crippen LogP contribution in [0, 0.1) is 0 Å². The predicted octanol–water partition coefficient (Wildman–Crippen LogP) is 0.0760. The summed E-state index contributed by atoms with van der Waals surface area (Å²) < 4.78 is 6.84. The molecule has 14 heavy (non-hydrogen) atoms. The van der Waals surface area contributed by atoms with Gasteiger partial charge in [0.2, 0.25) is 5.88 Å². The highest BCUT2D eigenvalue weighted by molar-refractivity contribution is 5.49. The van der Waals surface area contributed by atoms with Crippen molar-refractivity contribution in [2.45, 2.75) is 25.9 Å². The van der Waals surface area contributed by atoms with E-state index in [0.717, 1.165) is 5.56 Å². The highest BCUT2D eigenvalue weighted by Gasteiger charge is 2.34. The van der Waals surface area contributed by atoms with Gasteiger partial charge in [0.25, 0.3) is 0 Å². The van der Waals surface area contributed by atoms with Gasteiger partial charge >= 0.3 is 5.69 Å². The molecule has 0 saturated heterocycles. The van der Waals surface area contributed by atoms with E-state index in [2.05, 4.69) is 4.98 Å². The van der Waals surface area contributed by atoms with Crippen LogP contribution in [-0.2, 0) is 13.5 Å². The molecule has 0 saturated carbocycles. The molecule has 1 aromatic heterocycles. The molecular formula is C9H13N3O2. The van der Waals surface area contributed by atoms with Crippen LogP contribution in [0.25, 0.3) is 0 Å². The SMILES string of the molecule is Cn1c(N)c2c(nc1=O)OC(C)(C)C2. The van der Waals surface area contributed by atoms with Gasteiger partial charge in [-0.1, -0.05) is 0 Å². The third-order valence-electron chi connectivity index (χ3n) is 2.39. The second-order valence-corrected chi connectivity index (χ2v) is 4.16. The van der Waals surface area contributed by atoms with Gasteiger partial charge < -0.3 is 10.5 Å². The van der Waals surface area contributed by atoms with Crippen LogP contribution in [0.5, 0.6) is 5.88 Å². The summed E-state index contributed by atoms with van der Waals surface area (Å²) in [7, 11) is 1.61. The number of anilines is 1. The minimum absolute atomic E-state index is 0.315. The number of ether oxygens (including phenoxy) is 1. The third kappa shape index (κ3) is 1.16. The van der Waals surface area contributed by atoms with Crippen molar-refractivity contribution in [3.05, 3.63) is 16.0 Å². The topological polar surface area (TPSA) is 70.1 Å². The molecular weight excluding hydrogens is 182 g/mol. The Hall–Kier alpha value is -1.52. The smallest absolute Gasteiger partial charge is 0.352 e. The van der Waals surface area contributed by atoms with Crippen LogP contribution in [0.2, 0.25) is 0 Å². The van der Waals surface area contributed by atoms with Crippen molar-refractivity contribution in [3.8, 4) is 5.88 Å². The van der Waals surface area contributed by atoms with Crippen molar-refractivity contribution < 1.29 is 4.74 Å². The lowest BCUT2D eigenvalue weighted by Gasteiger charge is -2.15. The molecule has 2 N–H and O–H groups in total. The maximum atomic E-state index is 11.3. The molecule has 0 aromatic carbocycles. The molecule has 0 radical (unpaired) electrons. The lowest BCUT2D eigenvalue weighted by molar-refractivity contribution is 0.132. The maximum Gasteiger partial charge on any atom is 0.352 e. The molecule has 76 valence electrons. The Bertz CT molecular complexity index is 448.